The van der Waals surface area contributed by atoms with Gasteiger partial charge in [-0.15, -0.1) is 0 Å². The van der Waals surface area contributed by atoms with Crippen LogP contribution in [0.15, 0.2) is 24.3 Å². The molecule has 1 aliphatic rings. The highest BCUT2D eigenvalue weighted by Gasteiger charge is 2.27. The fourth-order valence-electron chi connectivity index (χ4n) is 2.46. The van der Waals surface area contributed by atoms with E-state index in [0.717, 1.165) is 30.8 Å². The Kier molecular flexibility index (Phi) is 5.23. The number of rotatable bonds is 5. The molecule has 0 bridgehead atoms. The Morgan fingerprint density at radius 1 is 1.33 bits per heavy atom. The van der Waals surface area contributed by atoms with Crippen molar-refractivity contribution in [2.45, 2.75) is 26.4 Å². The molecule has 0 aliphatic carbocycles. The lowest BCUT2D eigenvalue weighted by Crippen LogP contribution is -2.30. The molecule has 0 spiro atoms. The lowest BCUT2D eigenvalue weighted by Gasteiger charge is -2.18. The Hall–Kier alpha value is -1.55. The van der Waals surface area contributed by atoms with Gasteiger partial charge in [-0.25, -0.2) is 0 Å². The van der Waals surface area contributed by atoms with Crippen LogP contribution in [-0.2, 0) is 4.74 Å². The summed E-state index contributed by atoms with van der Waals surface area (Å²) in [7, 11) is 3.99. The second-order valence-corrected chi connectivity index (χ2v) is 6.33. The Labute approximate surface area is 127 Å². The Morgan fingerprint density at radius 2 is 2.00 bits per heavy atom. The quantitative estimate of drug-likeness (QED) is 0.836. The van der Waals surface area contributed by atoms with Gasteiger partial charge in [0.1, 0.15) is 0 Å². The molecule has 2 rings (SSSR count). The van der Waals surface area contributed by atoms with Gasteiger partial charge in [-0.05, 0) is 36.6 Å². The fourth-order valence-corrected chi connectivity index (χ4v) is 2.46. The third kappa shape index (κ3) is 4.21. The molecule has 1 saturated heterocycles. The number of anilines is 1. The van der Waals surface area contributed by atoms with Gasteiger partial charge in [-0.1, -0.05) is 13.8 Å². The van der Waals surface area contributed by atoms with Crippen LogP contribution in [0.4, 0.5) is 5.69 Å². The number of likely N-dealkylation sites (tertiary alicyclic amines) is 1. The molecule has 1 aromatic carbocycles. The monoisotopic (exact) mass is 290 g/mol. The van der Waals surface area contributed by atoms with Crippen LogP contribution in [-0.4, -0.2) is 50.7 Å². The van der Waals surface area contributed by atoms with Gasteiger partial charge >= 0.3 is 0 Å². The second-order valence-electron chi connectivity index (χ2n) is 6.33. The van der Waals surface area contributed by atoms with E-state index in [4.69, 9.17) is 4.74 Å². The van der Waals surface area contributed by atoms with Gasteiger partial charge in [0.25, 0.3) is 5.91 Å². The SMILES string of the molecule is CC(C)CO[C@@H]1CCN(C(=O)c2ccc(N(C)C)cc2)C1. The number of benzene rings is 1. The highest BCUT2D eigenvalue weighted by atomic mass is 16.5. The second kappa shape index (κ2) is 6.94. The van der Waals surface area contributed by atoms with Crippen molar-refractivity contribution in [3.05, 3.63) is 29.8 Å². The van der Waals surface area contributed by atoms with Crippen molar-refractivity contribution in [1.29, 1.82) is 0 Å². The van der Waals surface area contributed by atoms with Crippen LogP contribution >= 0.6 is 0 Å². The first kappa shape index (κ1) is 15.8. The number of ether oxygens (including phenoxy) is 1. The third-order valence-electron chi connectivity index (χ3n) is 3.73. The molecule has 1 atom stereocenters. The van der Waals surface area contributed by atoms with Gasteiger partial charge in [0.2, 0.25) is 0 Å². The van der Waals surface area contributed by atoms with Gasteiger partial charge < -0.3 is 14.5 Å². The van der Waals surface area contributed by atoms with E-state index in [9.17, 15) is 4.79 Å². The van der Waals surface area contributed by atoms with Crippen molar-refractivity contribution < 1.29 is 9.53 Å². The zero-order valence-corrected chi connectivity index (χ0v) is 13.5. The molecule has 1 aromatic rings. The molecular formula is C17H26N2O2. The smallest absolute Gasteiger partial charge is 0.253 e. The third-order valence-corrected chi connectivity index (χ3v) is 3.73. The summed E-state index contributed by atoms with van der Waals surface area (Å²) in [6.07, 6.45) is 1.13. The summed E-state index contributed by atoms with van der Waals surface area (Å²) in [4.78, 5) is 16.4. The molecule has 0 aromatic heterocycles. The highest BCUT2D eigenvalue weighted by molar-refractivity contribution is 5.94. The van der Waals surface area contributed by atoms with E-state index >= 15 is 0 Å². The molecular weight excluding hydrogens is 264 g/mol. The van der Waals surface area contributed by atoms with Crippen molar-refractivity contribution in [2.24, 2.45) is 5.92 Å². The largest absolute Gasteiger partial charge is 0.378 e. The number of amides is 1. The van der Waals surface area contributed by atoms with E-state index in [1.165, 1.54) is 0 Å². The normalized spacial score (nSPS) is 18.3. The molecule has 21 heavy (non-hydrogen) atoms. The summed E-state index contributed by atoms with van der Waals surface area (Å²) in [5.41, 5.74) is 1.86. The van der Waals surface area contributed by atoms with Crippen LogP contribution in [0.1, 0.15) is 30.6 Å². The molecule has 1 heterocycles. The molecule has 1 fully saturated rings. The average molecular weight is 290 g/mol. The highest BCUT2D eigenvalue weighted by Crippen LogP contribution is 2.18. The minimum absolute atomic E-state index is 0.107. The number of carbonyl (C=O) groups is 1. The summed E-state index contributed by atoms with van der Waals surface area (Å²) in [6.45, 7) is 6.55. The Morgan fingerprint density at radius 3 is 2.57 bits per heavy atom. The van der Waals surface area contributed by atoms with Crippen molar-refractivity contribution in [2.75, 3.05) is 38.7 Å². The minimum atomic E-state index is 0.107. The lowest BCUT2D eigenvalue weighted by atomic mass is 10.2. The maximum atomic E-state index is 12.5. The topological polar surface area (TPSA) is 32.8 Å². The van der Waals surface area contributed by atoms with Crippen LogP contribution in [0.25, 0.3) is 0 Å². The maximum Gasteiger partial charge on any atom is 0.253 e. The summed E-state index contributed by atoms with van der Waals surface area (Å²) < 4.78 is 5.83. The van der Waals surface area contributed by atoms with E-state index in [1.54, 1.807) is 0 Å². The molecule has 0 radical (unpaired) electrons. The fraction of sp³-hybridized carbons (Fsp3) is 0.588. The predicted molar refractivity (Wildman–Crippen MR) is 85.9 cm³/mol. The summed E-state index contributed by atoms with van der Waals surface area (Å²) in [5.74, 6) is 0.643. The molecule has 4 heteroatoms. The first-order valence-corrected chi connectivity index (χ1v) is 7.65. The Balaban J connectivity index is 1.92. The number of hydrogen-bond donors (Lipinski definition) is 0. The first-order valence-electron chi connectivity index (χ1n) is 7.65. The average Bonchev–Trinajstić information content (AvgIpc) is 2.93. The van der Waals surface area contributed by atoms with Crippen molar-refractivity contribution in [3.63, 3.8) is 0 Å². The summed E-state index contributed by atoms with van der Waals surface area (Å²) >= 11 is 0. The molecule has 116 valence electrons. The van der Waals surface area contributed by atoms with Crippen molar-refractivity contribution in [1.82, 2.24) is 4.90 Å². The maximum absolute atomic E-state index is 12.5. The first-order chi connectivity index (χ1) is 9.97. The van der Waals surface area contributed by atoms with Crippen LogP contribution in [0.3, 0.4) is 0 Å². The van der Waals surface area contributed by atoms with Crippen molar-refractivity contribution >= 4 is 11.6 Å². The molecule has 1 amide bonds. The molecule has 1 aliphatic heterocycles. The summed E-state index contributed by atoms with van der Waals surface area (Å²) in [5, 5.41) is 0. The molecule has 4 nitrogen and oxygen atoms in total. The van der Waals surface area contributed by atoms with Gasteiger partial charge in [-0.3, -0.25) is 4.79 Å². The standard InChI is InChI=1S/C17H26N2O2/c1-13(2)12-21-16-9-10-19(11-16)17(20)14-5-7-15(8-6-14)18(3)4/h5-8,13,16H,9-12H2,1-4H3/t16-/m1/s1. The van der Waals surface area contributed by atoms with Gasteiger partial charge in [0.05, 0.1) is 6.10 Å². The van der Waals surface area contributed by atoms with Gasteiger partial charge in [0, 0.05) is 45.0 Å². The number of nitrogens with zero attached hydrogens (tertiary/aromatic N) is 2. The van der Waals surface area contributed by atoms with Crippen molar-refractivity contribution in [3.8, 4) is 0 Å². The lowest BCUT2D eigenvalue weighted by molar-refractivity contribution is 0.0396. The summed E-state index contributed by atoms with van der Waals surface area (Å²) in [6, 6.07) is 7.77. The molecule has 0 unspecified atom stereocenters. The van der Waals surface area contributed by atoms with Crippen LogP contribution < -0.4 is 4.90 Å². The number of carbonyl (C=O) groups excluding carboxylic acids is 1. The zero-order valence-electron chi connectivity index (χ0n) is 13.5. The van der Waals surface area contributed by atoms with Crippen LogP contribution in [0.5, 0.6) is 0 Å². The molecule has 0 N–H and O–H groups in total. The van der Waals surface area contributed by atoms with E-state index < -0.39 is 0 Å². The van der Waals surface area contributed by atoms with E-state index in [2.05, 4.69) is 13.8 Å². The minimum Gasteiger partial charge on any atom is -0.378 e. The van der Waals surface area contributed by atoms with Gasteiger partial charge in [0.15, 0.2) is 0 Å². The predicted octanol–water partition coefficient (Wildman–Crippen LogP) is 2.64. The van der Waals surface area contributed by atoms with E-state index in [0.29, 0.717) is 12.5 Å². The van der Waals surface area contributed by atoms with Crippen LogP contribution in [0.2, 0.25) is 0 Å². The van der Waals surface area contributed by atoms with Crippen LogP contribution in [0, 0.1) is 5.92 Å². The van der Waals surface area contributed by atoms with Gasteiger partial charge in [-0.2, -0.15) is 0 Å². The Bertz CT molecular complexity index is 468. The van der Waals surface area contributed by atoms with E-state index in [-0.39, 0.29) is 12.0 Å². The number of hydrogen-bond acceptors (Lipinski definition) is 3. The molecule has 0 saturated carbocycles. The zero-order chi connectivity index (χ0) is 15.4. The van der Waals surface area contributed by atoms with E-state index in [1.807, 2.05) is 48.2 Å².